The Morgan fingerprint density at radius 1 is 0.894 bits per heavy atom. The van der Waals surface area contributed by atoms with Gasteiger partial charge in [0, 0.05) is 0 Å². The van der Waals surface area contributed by atoms with Crippen LogP contribution in [-0.4, -0.2) is 73.1 Å². The Hall–Kier alpha value is -4.83. The number of aliphatic hydroxyl groups excluding tert-OH is 2. The molecule has 3 N–H and O–H groups in total. The molecule has 3 atom stereocenters. The lowest BCUT2D eigenvalue weighted by atomic mass is 9.77. The van der Waals surface area contributed by atoms with Crippen LogP contribution in [0.2, 0.25) is 0 Å². The van der Waals surface area contributed by atoms with Crippen molar-refractivity contribution in [2.24, 2.45) is 0 Å². The zero-order chi connectivity index (χ0) is 32.9. The van der Waals surface area contributed by atoms with Gasteiger partial charge in [-0.1, -0.05) is 78.7 Å². The van der Waals surface area contributed by atoms with Gasteiger partial charge in [0.15, 0.2) is 29.0 Å². The van der Waals surface area contributed by atoms with Crippen LogP contribution in [0.5, 0.6) is 5.75 Å². The quantitative estimate of drug-likeness (QED) is 0.162. The summed E-state index contributed by atoms with van der Waals surface area (Å²) in [4.78, 5) is 14.0. The lowest BCUT2D eigenvalue weighted by Gasteiger charge is -2.37. The maximum Gasteiger partial charge on any atom is 0.205 e. The van der Waals surface area contributed by atoms with Gasteiger partial charge in [-0.2, -0.15) is 0 Å². The molecule has 47 heavy (non-hydrogen) atoms. The van der Waals surface area contributed by atoms with Crippen molar-refractivity contribution in [1.29, 1.82) is 0 Å². The second kappa shape index (κ2) is 11.5. The smallest absolute Gasteiger partial charge is 0.205 e. The number of hydrogen-bond acceptors (Lipinski definition) is 10. The molecule has 2 aliphatic heterocycles. The van der Waals surface area contributed by atoms with E-state index < -0.39 is 48.1 Å². The zero-order valence-electron chi connectivity index (χ0n) is 26.2. The monoisotopic (exact) mass is 633 g/mol. The van der Waals surface area contributed by atoms with Crippen molar-refractivity contribution in [2.75, 3.05) is 25.6 Å². The van der Waals surface area contributed by atoms with Crippen molar-refractivity contribution >= 4 is 17.0 Å². The topological polar surface area (TPSA) is 133 Å². The van der Waals surface area contributed by atoms with E-state index in [4.69, 9.17) is 35.3 Å². The zero-order valence-corrected chi connectivity index (χ0v) is 26.2. The first-order valence-corrected chi connectivity index (χ1v) is 15.2. The van der Waals surface area contributed by atoms with Gasteiger partial charge in [-0.3, -0.25) is 4.57 Å². The summed E-state index contributed by atoms with van der Waals surface area (Å²) in [5.74, 6) is 2.80. The molecule has 2 aliphatic rings. The molecule has 11 nitrogen and oxygen atoms in total. The van der Waals surface area contributed by atoms with Crippen LogP contribution in [0.3, 0.4) is 0 Å². The van der Waals surface area contributed by atoms with Gasteiger partial charge in [0.25, 0.3) is 0 Å². The molecule has 0 saturated carbocycles. The molecular formula is C36H35N5O6. The maximum absolute atomic E-state index is 10.4. The maximum atomic E-state index is 10.4. The van der Waals surface area contributed by atoms with Crippen LogP contribution in [0.1, 0.15) is 36.8 Å². The molecule has 240 valence electrons. The Labute approximate surface area is 272 Å². The third-order valence-corrected chi connectivity index (χ3v) is 9.01. The fraction of sp³-hybridized carbons (Fsp3) is 0.306. The number of aromatic nitrogens is 4. The summed E-state index contributed by atoms with van der Waals surface area (Å²) in [7, 11) is 1.64. The number of nitrogens with zero attached hydrogens (tertiary/aromatic N) is 4. The number of fused-ring (bicyclic) bond motifs is 2. The number of ether oxygens (including phenoxy) is 4. The molecule has 0 spiro atoms. The average Bonchev–Trinajstić information content (AvgIpc) is 3.75. The molecule has 7 rings (SSSR count). The van der Waals surface area contributed by atoms with Crippen LogP contribution in [0.15, 0.2) is 97.6 Å². The van der Waals surface area contributed by atoms with Crippen molar-refractivity contribution in [2.45, 2.75) is 48.7 Å². The Bertz CT molecular complexity index is 1880. The number of rotatable bonds is 9. The normalized spacial score (nSPS) is 22.9. The second-order valence-corrected chi connectivity index (χ2v) is 12.2. The average molecular weight is 634 g/mol. The van der Waals surface area contributed by atoms with Crippen molar-refractivity contribution < 1.29 is 29.2 Å². The number of benzene rings is 3. The van der Waals surface area contributed by atoms with Gasteiger partial charge >= 0.3 is 0 Å². The molecule has 11 heteroatoms. The number of nitrogens with one attached hydrogen (secondary N) is 1. The molecule has 5 aromatic rings. The molecular weight excluding hydrogens is 598 g/mol. The molecule has 0 radical (unpaired) electrons. The molecule has 2 aromatic heterocycles. The predicted octanol–water partition coefficient (Wildman–Crippen LogP) is 4.01. The Morgan fingerprint density at radius 2 is 1.51 bits per heavy atom. The minimum atomic E-state index is -1.54. The highest BCUT2D eigenvalue weighted by atomic mass is 16.8. The Balaban J connectivity index is 1.41. The molecule has 1 unspecified atom stereocenters. The van der Waals surface area contributed by atoms with Crippen LogP contribution in [-0.2, 0) is 19.7 Å². The van der Waals surface area contributed by atoms with Crippen LogP contribution < -0.4 is 10.1 Å². The van der Waals surface area contributed by atoms with Gasteiger partial charge in [-0.05, 0) is 42.7 Å². The first-order valence-electron chi connectivity index (χ1n) is 15.2. The van der Waals surface area contributed by atoms with E-state index in [0.717, 1.165) is 22.4 Å². The number of methoxy groups -OCH3 is 1. The van der Waals surface area contributed by atoms with E-state index in [2.05, 4.69) is 40.5 Å². The molecule has 2 fully saturated rings. The highest BCUT2D eigenvalue weighted by Gasteiger charge is 2.72. The number of anilines is 1. The minimum absolute atomic E-state index is 0.394. The van der Waals surface area contributed by atoms with Gasteiger partial charge in [0.2, 0.25) is 5.60 Å². The van der Waals surface area contributed by atoms with E-state index in [-0.39, 0.29) is 0 Å². The van der Waals surface area contributed by atoms with E-state index in [1.54, 1.807) is 31.9 Å². The molecule has 0 amide bonds. The number of imidazole rings is 1. The predicted molar refractivity (Wildman–Crippen MR) is 173 cm³/mol. The highest BCUT2D eigenvalue weighted by molar-refractivity contribution is 5.84. The van der Waals surface area contributed by atoms with Crippen molar-refractivity contribution in [3.8, 4) is 18.1 Å². The Kier molecular flexibility index (Phi) is 7.50. The highest BCUT2D eigenvalue weighted by Crippen LogP contribution is 2.55. The summed E-state index contributed by atoms with van der Waals surface area (Å²) in [6.07, 6.45) is 7.09. The van der Waals surface area contributed by atoms with Crippen LogP contribution in [0.4, 0.5) is 5.82 Å². The standard InChI is InChI=1S/C36H35N5O6/c1-5-35-31(45-33(2,3)47-35)34(20-42,21-43)46-32(35)41-23-39-28-29(37-22-38-30(28)41)40-36(24-12-8-6-9-13-24,25-14-10-7-11-15-25)26-16-18-27(44-4)19-17-26/h1,6-19,22-23,31-32,42-43H,20-21H2,2-4H3,(H,37,38,40)/t31?,32-,35-/m1/s1. The summed E-state index contributed by atoms with van der Waals surface area (Å²) in [6.45, 7) is 2.34. The van der Waals surface area contributed by atoms with Crippen LogP contribution in [0, 0.1) is 12.3 Å². The lowest BCUT2D eigenvalue weighted by molar-refractivity contribution is -0.239. The largest absolute Gasteiger partial charge is 0.497 e. The summed E-state index contributed by atoms with van der Waals surface area (Å²) in [6, 6.07) is 28.1. The van der Waals surface area contributed by atoms with E-state index in [0.29, 0.717) is 17.0 Å². The fourth-order valence-corrected chi connectivity index (χ4v) is 6.86. The molecule has 0 aliphatic carbocycles. The summed E-state index contributed by atoms with van der Waals surface area (Å²) < 4.78 is 26.0. The molecule has 3 aromatic carbocycles. The van der Waals surface area contributed by atoms with Gasteiger partial charge in [-0.25, -0.2) is 15.0 Å². The van der Waals surface area contributed by atoms with E-state index in [1.165, 1.54) is 6.33 Å². The third-order valence-electron chi connectivity index (χ3n) is 9.01. The number of aliphatic hydroxyl groups is 2. The third kappa shape index (κ3) is 4.68. The lowest BCUT2D eigenvalue weighted by Crippen LogP contribution is -2.52. The first-order chi connectivity index (χ1) is 22.8. The first kappa shape index (κ1) is 30.8. The minimum Gasteiger partial charge on any atom is -0.497 e. The van der Waals surface area contributed by atoms with Gasteiger partial charge < -0.3 is 34.5 Å². The van der Waals surface area contributed by atoms with Crippen LogP contribution in [0.25, 0.3) is 11.2 Å². The summed E-state index contributed by atoms with van der Waals surface area (Å²) >= 11 is 0. The molecule has 4 heterocycles. The van der Waals surface area contributed by atoms with E-state index >= 15 is 0 Å². The molecule has 2 saturated heterocycles. The second-order valence-electron chi connectivity index (χ2n) is 12.2. The van der Waals surface area contributed by atoms with E-state index in [9.17, 15) is 10.2 Å². The van der Waals surface area contributed by atoms with Gasteiger partial charge in [0.05, 0.1) is 26.7 Å². The fourth-order valence-electron chi connectivity index (χ4n) is 6.86. The van der Waals surface area contributed by atoms with Gasteiger partial charge in [0.1, 0.15) is 29.3 Å². The summed E-state index contributed by atoms with van der Waals surface area (Å²) in [5.41, 5.74) is -0.287. The van der Waals surface area contributed by atoms with Crippen LogP contribution >= 0.6 is 0 Å². The molecule has 0 bridgehead atoms. The summed E-state index contributed by atoms with van der Waals surface area (Å²) in [5, 5.41) is 24.7. The van der Waals surface area contributed by atoms with Crippen molar-refractivity contribution in [3.05, 3.63) is 114 Å². The number of terminal acetylenes is 1. The van der Waals surface area contributed by atoms with Crippen molar-refractivity contribution in [1.82, 2.24) is 19.5 Å². The SMILES string of the molecule is C#C[C@@]12OC(C)(C)OC1C(CO)(CO)O[C@H]2n1cnc2c(NC(c3ccccc3)(c3ccccc3)c3ccc(OC)cc3)ncnc21. The van der Waals surface area contributed by atoms with Crippen molar-refractivity contribution in [3.63, 3.8) is 0 Å². The van der Waals surface area contributed by atoms with Gasteiger partial charge in [-0.15, -0.1) is 6.42 Å². The van der Waals surface area contributed by atoms with E-state index in [1.807, 2.05) is 60.7 Å². The number of hydrogen-bond donors (Lipinski definition) is 3. The Morgan fingerprint density at radius 3 is 2.09 bits per heavy atom.